The minimum atomic E-state index is -0.643. The predicted octanol–water partition coefficient (Wildman–Crippen LogP) is 2.67. The predicted molar refractivity (Wildman–Crippen MR) is 125 cm³/mol. The molecule has 0 unspecified atom stereocenters. The summed E-state index contributed by atoms with van der Waals surface area (Å²) >= 11 is 0. The van der Waals surface area contributed by atoms with E-state index in [1.165, 1.54) is 28.9 Å². The summed E-state index contributed by atoms with van der Waals surface area (Å²) in [7, 11) is 1.65. The third-order valence-electron chi connectivity index (χ3n) is 6.85. The lowest BCUT2D eigenvalue weighted by molar-refractivity contribution is 0.163. The molecule has 6 rings (SSSR count). The topological polar surface area (TPSA) is 86.4 Å². The SMILES string of the molecule is C#Cc1c(F)ccc2cc(O)cc(-c3ncc4c(N5C[C@@H]6C[C@H](O)[C@H](C5)N6)nn(C)c4c3F)c12. The zero-order valence-corrected chi connectivity index (χ0v) is 18.3. The van der Waals surface area contributed by atoms with Crippen molar-refractivity contribution in [2.24, 2.45) is 7.05 Å². The fourth-order valence-corrected chi connectivity index (χ4v) is 5.37. The van der Waals surface area contributed by atoms with Crippen LogP contribution in [0.2, 0.25) is 0 Å². The molecule has 4 heterocycles. The first-order valence-corrected chi connectivity index (χ1v) is 11.0. The molecular formula is C25H21F2N5O2. The fraction of sp³-hybridized carbons (Fsp3) is 0.280. The maximum atomic E-state index is 16.0. The van der Waals surface area contributed by atoms with Crippen LogP contribution < -0.4 is 10.2 Å². The van der Waals surface area contributed by atoms with Crippen LogP contribution in [-0.2, 0) is 7.05 Å². The highest BCUT2D eigenvalue weighted by Crippen LogP contribution is 2.39. The number of rotatable bonds is 2. The molecule has 9 heteroatoms. The second kappa shape index (κ2) is 7.38. The van der Waals surface area contributed by atoms with Gasteiger partial charge in [0.25, 0.3) is 0 Å². The highest BCUT2D eigenvalue weighted by molar-refractivity contribution is 6.03. The highest BCUT2D eigenvalue weighted by atomic mass is 19.1. The lowest BCUT2D eigenvalue weighted by Crippen LogP contribution is -2.53. The van der Waals surface area contributed by atoms with Crippen LogP contribution in [0.3, 0.4) is 0 Å². The summed E-state index contributed by atoms with van der Waals surface area (Å²) in [5, 5.41) is 29.8. The van der Waals surface area contributed by atoms with E-state index in [-0.39, 0.29) is 40.2 Å². The lowest BCUT2D eigenvalue weighted by Gasteiger charge is -2.33. The van der Waals surface area contributed by atoms with Crippen LogP contribution in [0.1, 0.15) is 12.0 Å². The van der Waals surface area contributed by atoms with Crippen molar-refractivity contribution < 1.29 is 19.0 Å². The smallest absolute Gasteiger partial charge is 0.175 e. The Hall–Kier alpha value is -3.74. The van der Waals surface area contributed by atoms with E-state index >= 15 is 4.39 Å². The van der Waals surface area contributed by atoms with Gasteiger partial charge in [-0.3, -0.25) is 9.67 Å². The van der Waals surface area contributed by atoms with Crippen LogP contribution in [0.15, 0.2) is 30.5 Å². The zero-order valence-electron chi connectivity index (χ0n) is 18.3. The summed E-state index contributed by atoms with van der Waals surface area (Å²) < 4.78 is 31.9. The number of phenols is 1. The first-order valence-electron chi connectivity index (χ1n) is 11.0. The number of hydrogen-bond donors (Lipinski definition) is 3. The lowest BCUT2D eigenvalue weighted by atomic mass is 9.96. The average Bonchev–Trinajstić information content (AvgIpc) is 3.28. The Morgan fingerprint density at radius 2 is 2.06 bits per heavy atom. The Bertz CT molecular complexity index is 1520. The Morgan fingerprint density at radius 1 is 1.24 bits per heavy atom. The van der Waals surface area contributed by atoms with E-state index < -0.39 is 17.7 Å². The van der Waals surface area contributed by atoms with Gasteiger partial charge in [-0.1, -0.05) is 12.0 Å². The number of fused-ring (bicyclic) bond motifs is 4. The van der Waals surface area contributed by atoms with Crippen molar-refractivity contribution in [3.05, 3.63) is 47.7 Å². The zero-order chi connectivity index (χ0) is 23.7. The number of nitrogens with zero attached hydrogens (tertiary/aromatic N) is 4. The van der Waals surface area contributed by atoms with Crippen LogP contribution in [0.4, 0.5) is 14.6 Å². The van der Waals surface area contributed by atoms with Gasteiger partial charge in [0.1, 0.15) is 22.8 Å². The molecule has 0 radical (unpaired) electrons. The van der Waals surface area contributed by atoms with E-state index in [1.807, 2.05) is 4.90 Å². The summed E-state index contributed by atoms with van der Waals surface area (Å²) in [5.41, 5.74) is 0.365. The van der Waals surface area contributed by atoms with E-state index in [9.17, 15) is 14.6 Å². The first kappa shape index (κ1) is 20.8. The number of halogens is 2. The van der Waals surface area contributed by atoms with Crippen LogP contribution in [0.5, 0.6) is 5.75 Å². The molecule has 4 aromatic rings. The Balaban J connectivity index is 1.54. The number of aliphatic hydroxyl groups excluding tert-OH is 1. The number of hydrogen-bond acceptors (Lipinski definition) is 6. The number of aryl methyl sites for hydroxylation is 1. The van der Waals surface area contributed by atoms with E-state index in [4.69, 9.17) is 6.42 Å². The monoisotopic (exact) mass is 461 g/mol. The van der Waals surface area contributed by atoms with Crippen molar-refractivity contribution in [1.29, 1.82) is 0 Å². The van der Waals surface area contributed by atoms with Gasteiger partial charge in [-0.2, -0.15) is 5.10 Å². The molecule has 2 aromatic heterocycles. The van der Waals surface area contributed by atoms with Gasteiger partial charge in [-0.15, -0.1) is 6.42 Å². The van der Waals surface area contributed by atoms with Crippen molar-refractivity contribution in [3.8, 4) is 29.4 Å². The van der Waals surface area contributed by atoms with Gasteiger partial charge < -0.3 is 20.4 Å². The molecule has 3 N–H and O–H groups in total. The van der Waals surface area contributed by atoms with Gasteiger partial charge in [-0.25, -0.2) is 8.78 Å². The number of aromatic hydroxyl groups is 1. The Kier molecular flexibility index (Phi) is 4.52. The highest BCUT2D eigenvalue weighted by Gasteiger charge is 2.40. The molecule has 2 aliphatic heterocycles. The van der Waals surface area contributed by atoms with Gasteiger partial charge in [0.15, 0.2) is 11.6 Å². The molecule has 7 nitrogen and oxygen atoms in total. The van der Waals surface area contributed by atoms with Gasteiger partial charge >= 0.3 is 0 Å². The summed E-state index contributed by atoms with van der Waals surface area (Å²) in [6.45, 7) is 1.19. The van der Waals surface area contributed by atoms with Gasteiger partial charge in [0.2, 0.25) is 0 Å². The number of anilines is 1. The number of piperazine rings is 1. The maximum absolute atomic E-state index is 16.0. The largest absolute Gasteiger partial charge is 0.508 e. The van der Waals surface area contributed by atoms with Crippen LogP contribution in [0.25, 0.3) is 32.9 Å². The van der Waals surface area contributed by atoms with Crippen molar-refractivity contribution >= 4 is 27.5 Å². The number of pyridine rings is 1. The summed E-state index contributed by atoms with van der Waals surface area (Å²) in [4.78, 5) is 6.43. The molecule has 0 amide bonds. The molecule has 2 aromatic carbocycles. The number of phenolic OH excluding ortho intramolecular Hbond substituents is 1. The second-order valence-corrected chi connectivity index (χ2v) is 8.97. The molecule has 0 spiro atoms. The van der Waals surface area contributed by atoms with E-state index in [0.29, 0.717) is 41.5 Å². The number of benzene rings is 2. The van der Waals surface area contributed by atoms with Gasteiger partial charge in [0.05, 0.1) is 23.1 Å². The maximum Gasteiger partial charge on any atom is 0.175 e. The Labute approximate surface area is 193 Å². The molecule has 2 saturated heterocycles. The van der Waals surface area contributed by atoms with E-state index in [2.05, 4.69) is 21.3 Å². The van der Waals surface area contributed by atoms with Crippen LogP contribution >= 0.6 is 0 Å². The van der Waals surface area contributed by atoms with Crippen molar-refractivity contribution in [2.45, 2.75) is 24.6 Å². The standard InChI is InChI=1S/C25H21F2N5O2/c1-3-15-18(26)5-4-12-6-14(33)8-16(21(12)15)23-22(27)24-17(9-28-23)25(30-31(24)2)32-10-13-7-20(34)19(11-32)29-13/h1,4-6,8-9,13,19-20,29,33-34H,7,10-11H2,2H3/t13-,19-,20-/m0/s1. The molecule has 172 valence electrons. The second-order valence-electron chi connectivity index (χ2n) is 8.97. The van der Waals surface area contributed by atoms with Gasteiger partial charge in [-0.05, 0) is 30.0 Å². The molecule has 34 heavy (non-hydrogen) atoms. The van der Waals surface area contributed by atoms with Crippen molar-refractivity contribution in [3.63, 3.8) is 0 Å². The molecule has 3 atom stereocenters. The van der Waals surface area contributed by atoms with Crippen LogP contribution in [-0.4, -0.2) is 56.3 Å². The minimum absolute atomic E-state index is 0.0191. The molecule has 2 fully saturated rings. The number of terminal acetylenes is 1. The average molecular weight is 461 g/mol. The molecule has 0 saturated carbocycles. The summed E-state index contributed by atoms with van der Waals surface area (Å²) in [6, 6.07) is 5.57. The summed E-state index contributed by atoms with van der Waals surface area (Å²) in [5.74, 6) is 1.57. The quantitative estimate of drug-likeness (QED) is 0.398. The number of nitrogens with one attached hydrogen (secondary N) is 1. The number of aliphatic hydroxyl groups is 1. The third kappa shape index (κ3) is 2.96. The molecule has 2 aliphatic rings. The molecule has 2 bridgehead atoms. The van der Waals surface area contributed by atoms with E-state index in [1.54, 1.807) is 13.2 Å². The van der Waals surface area contributed by atoms with Gasteiger partial charge in [0, 0.05) is 43.3 Å². The Morgan fingerprint density at radius 3 is 2.82 bits per heavy atom. The minimum Gasteiger partial charge on any atom is -0.508 e. The first-order chi connectivity index (χ1) is 16.4. The van der Waals surface area contributed by atoms with Crippen molar-refractivity contribution in [2.75, 3.05) is 18.0 Å². The van der Waals surface area contributed by atoms with E-state index in [0.717, 1.165) is 0 Å². The molecular weight excluding hydrogens is 440 g/mol. The normalized spacial score (nSPS) is 22.0. The fourth-order valence-electron chi connectivity index (χ4n) is 5.37. The van der Waals surface area contributed by atoms with Crippen LogP contribution in [0, 0.1) is 24.0 Å². The molecule has 0 aliphatic carbocycles. The summed E-state index contributed by atoms with van der Waals surface area (Å²) in [6.07, 6.45) is 7.36. The van der Waals surface area contributed by atoms with Crippen molar-refractivity contribution in [1.82, 2.24) is 20.1 Å². The third-order valence-corrected chi connectivity index (χ3v) is 6.85. The number of aromatic nitrogens is 3.